The first-order valence-corrected chi connectivity index (χ1v) is 9.18. The fraction of sp³-hybridized carbons (Fsp3) is 0.368. The molecule has 138 valence electrons. The summed E-state index contributed by atoms with van der Waals surface area (Å²) in [5.41, 5.74) is 3.87. The Balaban J connectivity index is 1.31. The van der Waals surface area contributed by atoms with Gasteiger partial charge in [0, 0.05) is 19.3 Å². The number of likely N-dealkylation sites (tertiary alicyclic amines) is 1. The number of H-pyrrole nitrogens is 2. The lowest BCUT2D eigenvalue weighted by atomic mass is 9.83. The Bertz CT molecular complexity index is 956. The molecule has 8 nitrogen and oxygen atoms in total. The standard InChI is InChI=1S/C19H20N6O2/c26-18(16-11-15(22-23-16)14-3-1-2-7-20-14)25-8-5-19(6-9-25)17-13(4-10-27-19)12-21-24-17/h1-3,7,11-12H,4-6,8-10H2,(H,21,24)(H,22,23). The summed E-state index contributed by atoms with van der Waals surface area (Å²) in [6.07, 6.45) is 6.01. The number of hydrogen-bond acceptors (Lipinski definition) is 5. The molecule has 3 aromatic heterocycles. The van der Waals surface area contributed by atoms with Crippen LogP contribution in [-0.2, 0) is 16.8 Å². The van der Waals surface area contributed by atoms with Gasteiger partial charge in [-0.05, 0) is 43.0 Å². The number of rotatable bonds is 2. The summed E-state index contributed by atoms with van der Waals surface area (Å²) in [5, 5.41) is 14.4. The van der Waals surface area contributed by atoms with E-state index in [1.165, 1.54) is 5.56 Å². The highest BCUT2D eigenvalue weighted by molar-refractivity contribution is 5.93. The summed E-state index contributed by atoms with van der Waals surface area (Å²) >= 11 is 0. The molecule has 2 N–H and O–H groups in total. The Morgan fingerprint density at radius 1 is 1.19 bits per heavy atom. The lowest BCUT2D eigenvalue weighted by Gasteiger charge is -2.43. The molecular weight excluding hydrogens is 344 g/mol. The number of piperidine rings is 1. The molecule has 0 radical (unpaired) electrons. The molecule has 2 aliphatic heterocycles. The Hall–Kier alpha value is -3.00. The molecule has 1 amide bonds. The van der Waals surface area contributed by atoms with Gasteiger partial charge in [-0.25, -0.2) is 0 Å². The van der Waals surface area contributed by atoms with E-state index in [4.69, 9.17) is 4.74 Å². The Labute approximate surface area is 156 Å². The monoisotopic (exact) mass is 364 g/mol. The van der Waals surface area contributed by atoms with Crippen molar-refractivity contribution in [1.82, 2.24) is 30.3 Å². The zero-order valence-corrected chi connectivity index (χ0v) is 14.8. The summed E-state index contributed by atoms with van der Waals surface area (Å²) in [6, 6.07) is 7.39. The van der Waals surface area contributed by atoms with Crippen LogP contribution in [0.1, 0.15) is 34.6 Å². The van der Waals surface area contributed by atoms with E-state index in [1.54, 1.807) is 12.3 Å². The van der Waals surface area contributed by atoms with E-state index in [-0.39, 0.29) is 11.5 Å². The van der Waals surface area contributed by atoms with E-state index < -0.39 is 0 Å². The van der Waals surface area contributed by atoms with Crippen LogP contribution in [-0.4, -0.2) is 55.9 Å². The van der Waals surface area contributed by atoms with Gasteiger partial charge in [0.2, 0.25) is 0 Å². The van der Waals surface area contributed by atoms with Gasteiger partial charge in [0.15, 0.2) is 0 Å². The van der Waals surface area contributed by atoms with Crippen LogP contribution < -0.4 is 0 Å². The van der Waals surface area contributed by atoms with Crippen molar-refractivity contribution in [3.05, 3.63) is 53.6 Å². The first-order valence-electron chi connectivity index (χ1n) is 9.18. The maximum absolute atomic E-state index is 12.9. The first-order chi connectivity index (χ1) is 13.3. The highest BCUT2D eigenvalue weighted by atomic mass is 16.5. The number of fused-ring (bicyclic) bond motifs is 2. The van der Waals surface area contributed by atoms with E-state index in [2.05, 4.69) is 25.4 Å². The van der Waals surface area contributed by atoms with Gasteiger partial charge in [-0.1, -0.05) is 6.07 Å². The van der Waals surface area contributed by atoms with Crippen LogP contribution in [0, 0.1) is 0 Å². The maximum Gasteiger partial charge on any atom is 0.271 e. The number of pyridine rings is 1. The molecule has 5 heterocycles. The number of amides is 1. The second-order valence-corrected chi connectivity index (χ2v) is 7.04. The van der Waals surface area contributed by atoms with Crippen LogP contribution in [0.4, 0.5) is 0 Å². The average Bonchev–Trinajstić information content (AvgIpc) is 3.39. The second kappa shape index (κ2) is 6.31. The topological polar surface area (TPSA) is 99.8 Å². The molecule has 27 heavy (non-hydrogen) atoms. The zero-order chi connectivity index (χ0) is 18.3. The van der Waals surface area contributed by atoms with E-state index >= 15 is 0 Å². The minimum atomic E-state index is -0.339. The third-order valence-corrected chi connectivity index (χ3v) is 5.52. The number of nitrogens with zero attached hydrogens (tertiary/aromatic N) is 4. The average molecular weight is 364 g/mol. The Morgan fingerprint density at radius 2 is 2.07 bits per heavy atom. The molecule has 1 spiro atoms. The quantitative estimate of drug-likeness (QED) is 0.723. The Morgan fingerprint density at radius 3 is 2.89 bits per heavy atom. The summed E-state index contributed by atoms with van der Waals surface area (Å²) in [4.78, 5) is 19.0. The van der Waals surface area contributed by atoms with Crippen LogP contribution in [0.15, 0.2) is 36.7 Å². The largest absolute Gasteiger partial charge is 0.368 e. The van der Waals surface area contributed by atoms with E-state index in [0.29, 0.717) is 31.1 Å². The molecule has 1 fully saturated rings. The van der Waals surface area contributed by atoms with Gasteiger partial charge in [0.05, 0.1) is 24.2 Å². The number of aromatic amines is 2. The van der Waals surface area contributed by atoms with Crippen molar-refractivity contribution in [3.63, 3.8) is 0 Å². The predicted molar refractivity (Wildman–Crippen MR) is 96.9 cm³/mol. The van der Waals surface area contributed by atoms with E-state index in [9.17, 15) is 4.79 Å². The van der Waals surface area contributed by atoms with Crippen LogP contribution in [0.25, 0.3) is 11.4 Å². The van der Waals surface area contributed by atoms with Crippen molar-refractivity contribution in [2.75, 3.05) is 19.7 Å². The molecule has 0 saturated carbocycles. The maximum atomic E-state index is 12.9. The normalized spacial score (nSPS) is 18.4. The summed E-state index contributed by atoms with van der Waals surface area (Å²) < 4.78 is 6.15. The first kappa shape index (κ1) is 16.2. The zero-order valence-electron chi connectivity index (χ0n) is 14.8. The number of hydrogen-bond donors (Lipinski definition) is 2. The molecule has 0 atom stereocenters. The molecule has 3 aromatic rings. The van der Waals surface area contributed by atoms with Crippen LogP contribution in [0.2, 0.25) is 0 Å². The van der Waals surface area contributed by atoms with Crippen molar-refractivity contribution < 1.29 is 9.53 Å². The third kappa shape index (κ3) is 2.73. The minimum absolute atomic E-state index is 0.0415. The molecule has 2 aliphatic rings. The number of aromatic nitrogens is 5. The van der Waals surface area contributed by atoms with Gasteiger partial charge >= 0.3 is 0 Å². The van der Waals surface area contributed by atoms with Crippen LogP contribution >= 0.6 is 0 Å². The summed E-state index contributed by atoms with van der Waals surface area (Å²) in [5.74, 6) is -0.0415. The second-order valence-electron chi connectivity index (χ2n) is 7.04. The molecule has 5 rings (SSSR count). The van der Waals surface area contributed by atoms with Crippen molar-refractivity contribution in [2.45, 2.75) is 24.9 Å². The van der Waals surface area contributed by atoms with Gasteiger partial charge in [-0.3, -0.25) is 20.0 Å². The van der Waals surface area contributed by atoms with Crippen molar-refractivity contribution in [3.8, 4) is 11.4 Å². The Kier molecular flexibility index (Phi) is 3.78. The molecular formula is C19H20N6O2. The van der Waals surface area contributed by atoms with Crippen molar-refractivity contribution >= 4 is 5.91 Å². The third-order valence-electron chi connectivity index (χ3n) is 5.52. The molecule has 8 heteroatoms. The summed E-state index contributed by atoms with van der Waals surface area (Å²) in [7, 11) is 0. The van der Waals surface area contributed by atoms with Gasteiger partial charge in [0.25, 0.3) is 5.91 Å². The highest BCUT2D eigenvalue weighted by Gasteiger charge is 2.43. The van der Waals surface area contributed by atoms with Crippen molar-refractivity contribution in [1.29, 1.82) is 0 Å². The lowest BCUT2D eigenvalue weighted by Crippen LogP contribution is -2.48. The highest BCUT2D eigenvalue weighted by Crippen LogP contribution is 2.40. The molecule has 0 aromatic carbocycles. The van der Waals surface area contributed by atoms with Crippen LogP contribution in [0.3, 0.4) is 0 Å². The van der Waals surface area contributed by atoms with Crippen LogP contribution in [0.5, 0.6) is 0 Å². The predicted octanol–water partition coefficient (Wildman–Crippen LogP) is 1.90. The molecule has 0 aliphatic carbocycles. The smallest absolute Gasteiger partial charge is 0.271 e. The molecule has 1 saturated heterocycles. The SMILES string of the molecule is O=C(c1cc(-c2ccccn2)n[nH]1)N1CCC2(CC1)OCCc1cn[nH]c12. The van der Waals surface area contributed by atoms with Gasteiger partial charge in [-0.15, -0.1) is 0 Å². The summed E-state index contributed by atoms with van der Waals surface area (Å²) in [6.45, 7) is 1.97. The minimum Gasteiger partial charge on any atom is -0.368 e. The van der Waals surface area contributed by atoms with Gasteiger partial charge < -0.3 is 9.64 Å². The number of ether oxygens (including phenoxy) is 1. The fourth-order valence-electron chi connectivity index (χ4n) is 4.04. The van der Waals surface area contributed by atoms with E-state index in [1.807, 2.05) is 29.3 Å². The van der Waals surface area contributed by atoms with E-state index in [0.717, 1.165) is 30.7 Å². The number of carbonyl (C=O) groups excluding carboxylic acids is 1. The number of nitrogens with one attached hydrogen (secondary N) is 2. The molecule has 0 unspecified atom stereocenters. The lowest BCUT2D eigenvalue weighted by molar-refractivity contribution is -0.0962. The molecule has 0 bridgehead atoms. The fourth-order valence-corrected chi connectivity index (χ4v) is 4.04. The van der Waals surface area contributed by atoms with Gasteiger partial charge in [-0.2, -0.15) is 10.2 Å². The number of carbonyl (C=O) groups is 1. The van der Waals surface area contributed by atoms with Gasteiger partial charge in [0.1, 0.15) is 17.0 Å². The van der Waals surface area contributed by atoms with Crippen molar-refractivity contribution in [2.24, 2.45) is 0 Å².